The standard InChI is InChI=1S/C11H14BrN3S/c1-2-13-4-10-5-15(8-14-10)6-11-3-9(12)7-16-11/h3,5,7-8,13H,2,4,6H2,1H3. The number of hydrogen-bond donors (Lipinski definition) is 1. The lowest BCUT2D eigenvalue weighted by Gasteiger charge is -1.98. The highest BCUT2D eigenvalue weighted by atomic mass is 79.9. The second-order valence-corrected chi connectivity index (χ2v) is 5.46. The van der Waals surface area contributed by atoms with E-state index in [1.54, 1.807) is 11.3 Å². The molecule has 3 nitrogen and oxygen atoms in total. The second-order valence-electron chi connectivity index (χ2n) is 3.55. The molecule has 0 amide bonds. The number of imidazole rings is 1. The molecule has 0 saturated heterocycles. The van der Waals surface area contributed by atoms with Crippen LogP contribution in [0.15, 0.2) is 28.4 Å². The van der Waals surface area contributed by atoms with Crippen LogP contribution in [0.5, 0.6) is 0 Å². The first-order valence-corrected chi connectivity index (χ1v) is 6.89. The Hall–Kier alpha value is -0.650. The van der Waals surface area contributed by atoms with Crippen molar-refractivity contribution in [2.45, 2.75) is 20.0 Å². The van der Waals surface area contributed by atoms with Crippen molar-refractivity contribution in [3.63, 3.8) is 0 Å². The van der Waals surface area contributed by atoms with E-state index in [1.807, 2.05) is 6.33 Å². The largest absolute Gasteiger partial charge is 0.332 e. The molecule has 5 heteroatoms. The second kappa shape index (κ2) is 5.61. The molecule has 16 heavy (non-hydrogen) atoms. The van der Waals surface area contributed by atoms with Crippen LogP contribution in [0.1, 0.15) is 17.5 Å². The molecule has 0 radical (unpaired) electrons. The van der Waals surface area contributed by atoms with Gasteiger partial charge >= 0.3 is 0 Å². The van der Waals surface area contributed by atoms with Gasteiger partial charge in [-0.1, -0.05) is 6.92 Å². The van der Waals surface area contributed by atoms with E-state index in [1.165, 1.54) is 4.88 Å². The topological polar surface area (TPSA) is 29.9 Å². The maximum absolute atomic E-state index is 4.35. The van der Waals surface area contributed by atoms with Crippen LogP contribution in [0.2, 0.25) is 0 Å². The zero-order chi connectivity index (χ0) is 11.4. The van der Waals surface area contributed by atoms with Gasteiger partial charge in [0, 0.05) is 27.5 Å². The Labute approximate surface area is 108 Å². The predicted octanol–water partition coefficient (Wildman–Crippen LogP) is 2.86. The fraction of sp³-hybridized carbons (Fsp3) is 0.364. The van der Waals surface area contributed by atoms with Gasteiger partial charge in [0.2, 0.25) is 0 Å². The molecule has 2 aromatic heterocycles. The average molecular weight is 300 g/mol. The fourth-order valence-electron chi connectivity index (χ4n) is 1.45. The highest BCUT2D eigenvalue weighted by Crippen LogP contribution is 2.20. The highest BCUT2D eigenvalue weighted by Gasteiger charge is 2.01. The van der Waals surface area contributed by atoms with Gasteiger partial charge in [0.15, 0.2) is 0 Å². The Morgan fingerprint density at radius 3 is 3.12 bits per heavy atom. The van der Waals surface area contributed by atoms with Crippen molar-refractivity contribution in [2.75, 3.05) is 6.54 Å². The number of aromatic nitrogens is 2. The monoisotopic (exact) mass is 299 g/mol. The first-order chi connectivity index (χ1) is 7.78. The summed E-state index contributed by atoms with van der Waals surface area (Å²) in [5, 5.41) is 5.37. The Balaban J connectivity index is 1.97. The van der Waals surface area contributed by atoms with Crippen LogP contribution in [0.25, 0.3) is 0 Å². The van der Waals surface area contributed by atoms with Gasteiger partial charge in [-0.3, -0.25) is 0 Å². The zero-order valence-electron chi connectivity index (χ0n) is 9.11. The van der Waals surface area contributed by atoms with Crippen LogP contribution in [-0.2, 0) is 13.1 Å². The van der Waals surface area contributed by atoms with E-state index in [4.69, 9.17) is 0 Å². The summed E-state index contributed by atoms with van der Waals surface area (Å²) in [7, 11) is 0. The van der Waals surface area contributed by atoms with Gasteiger partial charge in [-0.05, 0) is 28.5 Å². The summed E-state index contributed by atoms with van der Waals surface area (Å²) in [6.45, 7) is 4.82. The van der Waals surface area contributed by atoms with Crippen LogP contribution in [0, 0.1) is 0 Å². The van der Waals surface area contributed by atoms with Crippen molar-refractivity contribution in [2.24, 2.45) is 0 Å². The Morgan fingerprint density at radius 1 is 1.56 bits per heavy atom. The Kier molecular flexibility index (Phi) is 4.15. The number of nitrogens with zero attached hydrogens (tertiary/aromatic N) is 2. The lowest BCUT2D eigenvalue weighted by molar-refractivity contribution is 0.712. The quantitative estimate of drug-likeness (QED) is 0.920. The minimum atomic E-state index is 0.845. The lowest BCUT2D eigenvalue weighted by Crippen LogP contribution is -2.11. The molecule has 2 heterocycles. The van der Waals surface area contributed by atoms with E-state index in [0.29, 0.717) is 0 Å². The molecule has 0 aliphatic carbocycles. The maximum atomic E-state index is 4.35. The summed E-state index contributed by atoms with van der Waals surface area (Å²) in [5.41, 5.74) is 1.09. The van der Waals surface area contributed by atoms with Gasteiger partial charge in [0.05, 0.1) is 18.6 Å². The van der Waals surface area contributed by atoms with Crippen LogP contribution in [0.4, 0.5) is 0 Å². The van der Waals surface area contributed by atoms with Crippen LogP contribution < -0.4 is 5.32 Å². The third-order valence-electron chi connectivity index (χ3n) is 2.20. The van der Waals surface area contributed by atoms with Crippen molar-refractivity contribution >= 4 is 27.3 Å². The zero-order valence-corrected chi connectivity index (χ0v) is 11.5. The van der Waals surface area contributed by atoms with Gasteiger partial charge in [-0.15, -0.1) is 11.3 Å². The Bertz CT molecular complexity index is 450. The summed E-state index contributed by atoms with van der Waals surface area (Å²) in [6, 6.07) is 2.15. The molecule has 0 aliphatic heterocycles. The molecular formula is C11H14BrN3S. The van der Waals surface area contributed by atoms with Gasteiger partial charge in [-0.2, -0.15) is 0 Å². The number of halogens is 1. The van der Waals surface area contributed by atoms with Crippen molar-refractivity contribution in [1.82, 2.24) is 14.9 Å². The molecule has 1 N–H and O–H groups in total. The van der Waals surface area contributed by atoms with E-state index in [-0.39, 0.29) is 0 Å². The molecule has 0 saturated carbocycles. The highest BCUT2D eigenvalue weighted by molar-refractivity contribution is 9.10. The molecule has 0 unspecified atom stereocenters. The first-order valence-electron chi connectivity index (χ1n) is 5.22. The Morgan fingerprint density at radius 2 is 2.44 bits per heavy atom. The van der Waals surface area contributed by atoms with Gasteiger partial charge < -0.3 is 9.88 Å². The smallest absolute Gasteiger partial charge is 0.0953 e. The van der Waals surface area contributed by atoms with Crippen LogP contribution in [0.3, 0.4) is 0 Å². The van der Waals surface area contributed by atoms with Crippen molar-refractivity contribution in [1.29, 1.82) is 0 Å². The minimum absolute atomic E-state index is 0.845. The van der Waals surface area contributed by atoms with Crippen molar-refractivity contribution < 1.29 is 0 Å². The van der Waals surface area contributed by atoms with E-state index in [0.717, 1.165) is 29.8 Å². The van der Waals surface area contributed by atoms with E-state index >= 15 is 0 Å². The van der Waals surface area contributed by atoms with Crippen LogP contribution >= 0.6 is 27.3 Å². The lowest BCUT2D eigenvalue weighted by atomic mass is 10.4. The van der Waals surface area contributed by atoms with Crippen molar-refractivity contribution in [3.05, 3.63) is 39.0 Å². The van der Waals surface area contributed by atoms with Gasteiger partial charge in [-0.25, -0.2) is 4.98 Å². The average Bonchev–Trinajstić information content (AvgIpc) is 2.86. The van der Waals surface area contributed by atoms with E-state index in [2.05, 4.69) is 55.4 Å². The van der Waals surface area contributed by atoms with E-state index < -0.39 is 0 Å². The third kappa shape index (κ3) is 3.17. The number of rotatable bonds is 5. The van der Waals surface area contributed by atoms with Gasteiger partial charge in [0.1, 0.15) is 0 Å². The number of thiophene rings is 1. The van der Waals surface area contributed by atoms with Gasteiger partial charge in [0.25, 0.3) is 0 Å². The summed E-state index contributed by atoms with van der Waals surface area (Å²) >= 11 is 5.22. The molecule has 0 bridgehead atoms. The summed E-state index contributed by atoms with van der Waals surface area (Å²) in [5.74, 6) is 0. The van der Waals surface area contributed by atoms with Crippen molar-refractivity contribution in [3.8, 4) is 0 Å². The fourth-order valence-corrected chi connectivity index (χ4v) is 2.91. The number of nitrogens with one attached hydrogen (secondary N) is 1. The molecule has 0 fully saturated rings. The minimum Gasteiger partial charge on any atom is -0.332 e. The summed E-state index contributed by atoms with van der Waals surface area (Å²) in [4.78, 5) is 5.68. The maximum Gasteiger partial charge on any atom is 0.0953 e. The predicted molar refractivity (Wildman–Crippen MR) is 70.7 cm³/mol. The molecule has 2 rings (SSSR count). The SMILES string of the molecule is CCNCc1cn(Cc2cc(Br)cs2)cn1. The molecule has 0 aliphatic rings. The molecule has 0 spiro atoms. The molecule has 0 aromatic carbocycles. The molecule has 2 aromatic rings. The third-order valence-corrected chi connectivity index (χ3v) is 3.89. The van der Waals surface area contributed by atoms with Crippen LogP contribution in [-0.4, -0.2) is 16.1 Å². The normalized spacial score (nSPS) is 10.9. The molecular weight excluding hydrogens is 286 g/mol. The number of hydrogen-bond acceptors (Lipinski definition) is 3. The summed E-state index contributed by atoms with van der Waals surface area (Å²) < 4.78 is 3.27. The molecule has 0 atom stereocenters. The summed E-state index contributed by atoms with van der Waals surface area (Å²) in [6.07, 6.45) is 3.98. The van der Waals surface area contributed by atoms with E-state index in [9.17, 15) is 0 Å². The first kappa shape index (κ1) is 11.8. The molecule has 86 valence electrons.